The van der Waals surface area contributed by atoms with E-state index in [9.17, 15) is 14.7 Å². The average Bonchev–Trinajstić information content (AvgIpc) is 2.58. The van der Waals surface area contributed by atoms with Gasteiger partial charge >= 0.3 is 5.97 Å². The minimum atomic E-state index is -0.899. The van der Waals surface area contributed by atoms with Crippen LogP contribution in [0.25, 0.3) is 0 Å². The maximum Gasteiger partial charge on any atom is 0.307 e. The lowest BCUT2D eigenvalue weighted by molar-refractivity contribution is -0.148. The second-order valence-electron chi connectivity index (χ2n) is 5.87. The molecule has 6 nitrogen and oxygen atoms in total. The number of rotatable bonds is 6. The van der Waals surface area contributed by atoms with Gasteiger partial charge in [0.1, 0.15) is 0 Å². The number of benzene rings is 1. The summed E-state index contributed by atoms with van der Waals surface area (Å²) in [5, 5.41) is 12.5. The van der Waals surface area contributed by atoms with Gasteiger partial charge in [0.05, 0.1) is 31.1 Å². The second kappa shape index (κ2) is 8.24. The molecule has 2 N–H and O–H groups in total. The van der Waals surface area contributed by atoms with Crippen molar-refractivity contribution in [2.24, 2.45) is 11.8 Å². The molecule has 0 bridgehead atoms. The lowest BCUT2D eigenvalue weighted by Gasteiger charge is -2.27. The molecule has 0 radical (unpaired) electrons. The predicted octanol–water partition coefficient (Wildman–Crippen LogP) is 2.86. The van der Waals surface area contributed by atoms with Crippen molar-refractivity contribution in [3.05, 3.63) is 22.7 Å². The molecular formula is C17H22ClNO5. The predicted molar refractivity (Wildman–Crippen MR) is 89.5 cm³/mol. The van der Waals surface area contributed by atoms with Gasteiger partial charge in [-0.2, -0.15) is 0 Å². The number of nitrogens with one attached hydrogen (secondary N) is 1. The van der Waals surface area contributed by atoms with Crippen molar-refractivity contribution in [2.45, 2.75) is 32.2 Å². The van der Waals surface area contributed by atoms with Gasteiger partial charge in [-0.25, -0.2) is 0 Å². The lowest BCUT2D eigenvalue weighted by atomic mass is 9.78. The molecule has 0 aliphatic heterocycles. The third kappa shape index (κ3) is 4.12. The van der Waals surface area contributed by atoms with Crippen molar-refractivity contribution in [2.75, 3.05) is 14.2 Å². The molecule has 2 unspecified atom stereocenters. The first-order valence-corrected chi connectivity index (χ1v) is 8.26. The molecule has 1 amide bonds. The van der Waals surface area contributed by atoms with Gasteiger partial charge in [-0.15, -0.1) is 0 Å². The zero-order valence-corrected chi connectivity index (χ0v) is 14.6. The Bertz CT molecular complexity index is 619. The molecule has 0 aromatic heterocycles. The number of aliphatic carboxylic acids is 1. The van der Waals surface area contributed by atoms with E-state index in [4.69, 9.17) is 21.1 Å². The van der Waals surface area contributed by atoms with Crippen molar-refractivity contribution in [1.29, 1.82) is 0 Å². The number of amides is 1. The van der Waals surface area contributed by atoms with Crippen LogP contribution in [0, 0.1) is 11.8 Å². The smallest absolute Gasteiger partial charge is 0.307 e. The highest BCUT2D eigenvalue weighted by Crippen LogP contribution is 2.36. The second-order valence-corrected chi connectivity index (χ2v) is 6.27. The molecule has 24 heavy (non-hydrogen) atoms. The monoisotopic (exact) mass is 355 g/mol. The molecule has 1 aliphatic rings. The van der Waals surface area contributed by atoms with E-state index in [1.165, 1.54) is 14.2 Å². The van der Waals surface area contributed by atoms with Crippen LogP contribution in [0.15, 0.2) is 12.1 Å². The van der Waals surface area contributed by atoms with Crippen LogP contribution in [0.3, 0.4) is 0 Å². The first-order chi connectivity index (χ1) is 11.5. The van der Waals surface area contributed by atoms with E-state index in [0.717, 1.165) is 18.4 Å². The van der Waals surface area contributed by atoms with Crippen LogP contribution in [0.1, 0.15) is 31.2 Å². The highest BCUT2D eigenvalue weighted by atomic mass is 35.5. The van der Waals surface area contributed by atoms with Crippen molar-refractivity contribution in [3.8, 4) is 11.5 Å². The normalized spacial score (nSPS) is 20.3. The minimum Gasteiger partial charge on any atom is -0.493 e. The van der Waals surface area contributed by atoms with Crippen molar-refractivity contribution >= 4 is 23.5 Å². The Kier molecular flexibility index (Phi) is 6.31. The Labute approximate surface area is 146 Å². The highest BCUT2D eigenvalue weighted by Gasteiger charge is 2.35. The zero-order valence-electron chi connectivity index (χ0n) is 13.8. The fourth-order valence-electron chi connectivity index (χ4n) is 3.13. The number of methoxy groups -OCH3 is 2. The molecule has 0 spiro atoms. The maximum absolute atomic E-state index is 12.4. The third-order valence-electron chi connectivity index (χ3n) is 4.38. The Hall–Kier alpha value is -1.95. The molecule has 0 saturated heterocycles. The molecule has 1 aliphatic carbocycles. The van der Waals surface area contributed by atoms with Crippen LogP contribution in [0.2, 0.25) is 5.02 Å². The number of carbonyl (C=O) groups excluding carboxylic acids is 1. The van der Waals surface area contributed by atoms with Gasteiger partial charge < -0.3 is 19.9 Å². The van der Waals surface area contributed by atoms with Gasteiger partial charge in [0.15, 0.2) is 11.5 Å². The molecule has 1 aromatic rings. The maximum atomic E-state index is 12.4. The fourth-order valence-corrected chi connectivity index (χ4v) is 3.44. The van der Waals surface area contributed by atoms with Crippen molar-refractivity contribution < 1.29 is 24.2 Å². The Balaban J connectivity index is 2.06. The number of halogens is 1. The number of hydrogen-bond acceptors (Lipinski definition) is 4. The number of carboxylic acid groups (broad SMARTS) is 1. The van der Waals surface area contributed by atoms with Crippen LogP contribution in [-0.2, 0) is 16.1 Å². The topological polar surface area (TPSA) is 84.9 Å². The fraction of sp³-hybridized carbons (Fsp3) is 0.529. The number of carbonyl (C=O) groups is 2. The first-order valence-electron chi connectivity index (χ1n) is 7.88. The van der Waals surface area contributed by atoms with Crippen LogP contribution in [0.4, 0.5) is 0 Å². The molecule has 2 atom stereocenters. The third-order valence-corrected chi connectivity index (χ3v) is 4.66. The quantitative estimate of drug-likeness (QED) is 0.819. The number of carboxylic acids is 1. The van der Waals surface area contributed by atoms with Crippen LogP contribution in [-0.4, -0.2) is 31.2 Å². The van der Waals surface area contributed by atoms with Crippen LogP contribution >= 0.6 is 11.6 Å². The van der Waals surface area contributed by atoms with E-state index >= 15 is 0 Å². The average molecular weight is 356 g/mol. The largest absolute Gasteiger partial charge is 0.493 e. The molecule has 0 heterocycles. The summed E-state index contributed by atoms with van der Waals surface area (Å²) in [5.74, 6) is -1.29. The minimum absolute atomic E-state index is 0.229. The van der Waals surface area contributed by atoms with E-state index in [1.807, 2.05) is 0 Å². The van der Waals surface area contributed by atoms with Gasteiger partial charge in [-0.05, 0) is 30.5 Å². The summed E-state index contributed by atoms with van der Waals surface area (Å²) in [6.07, 6.45) is 2.89. The van der Waals surface area contributed by atoms with E-state index < -0.39 is 17.8 Å². The molecule has 1 aromatic carbocycles. The van der Waals surface area contributed by atoms with Gasteiger partial charge in [0, 0.05) is 6.54 Å². The molecule has 1 fully saturated rings. The highest BCUT2D eigenvalue weighted by molar-refractivity contribution is 6.32. The Morgan fingerprint density at radius 2 is 1.88 bits per heavy atom. The van der Waals surface area contributed by atoms with E-state index in [-0.39, 0.29) is 12.5 Å². The summed E-state index contributed by atoms with van der Waals surface area (Å²) in [5.41, 5.74) is 0.758. The molecule has 2 rings (SSSR count). The van der Waals surface area contributed by atoms with E-state index in [0.29, 0.717) is 29.4 Å². The van der Waals surface area contributed by atoms with Gasteiger partial charge in [0.2, 0.25) is 5.91 Å². The number of hydrogen-bond donors (Lipinski definition) is 2. The SMILES string of the molecule is COc1cc(CNC(=O)C2CCCCC2C(=O)O)cc(Cl)c1OC. The van der Waals surface area contributed by atoms with Crippen molar-refractivity contribution in [3.63, 3.8) is 0 Å². The summed E-state index contributed by atoms with van der Waals surface area (Å²) in [4.78, 5) is 23.7. The summed E-state index contributed by atoms with van der Waals surface area (Å²) < 4.78 is 10.4. The molecule has 132 valence electrons. The van der Waals surface area contributed by atoms with E-state index in [1.54, 1.807) is 12.1 Å². The number of ether oxygens (including phenoxy) is 2. The molecule has 1 saturated carbocycles. The zero-order chi connectivity index (χ0) is 17.7. The summed E-state index contributed by atoms with van der Waals surface area (Å²) >= 11 is 6.15. The van der Waals surface area contributed by atoms with Crippen LogP contribution in [0.5, 0.6) is 11.5 Å². The first kappa shape index (κ1) is 18.4. The Morgan fingerprint density at radius 1 is 1.21 bits per heavy atom. The Morgan fingerprint density at radius 3 is 2.46 bits per heavy atom. The van der Waals surface area contributed by atoms with E-state index in [2.05, 4.69) is 5.32 Å². The summed E-state index contributed by atoms with van der Waals surface area (Å²) in [6.45, 7) is 0.252. The molecular weight excluding hydrogens is 334 g/mol. The lowest BCUT2D eigenvalue weighted by Crippen LogP contribution is -2.39. The standard InChI is InChI=1S/C17H22ClNO5/c1-23-14-8-10(7-13(18)15(14)24-2)9-19-16(20)11-5-3-4-6-12(11)17(21)22/h7-8,11-12H,3-6,9H2,1-2H3,(H,19,20)(H,21,22). The summed E-state index contributed by atoms with van der Waals surface area (Å²) in [7, 11) is 3.01. The summed E-state index contributed by atoms with van der Waals surface area (Å²) in [6, 6.07) is 3.43. The molecule has 7 heteroatoms. The van der Waals surface area contributed by atoms with Crippen LogP contribution < -0.4 is 14.8 Å². The van der Waals surface area contributed by atoms with Crippen molar-refractivity contribution in [1.82, 2.24) is 5.32 Å². The van der Waals surface area contributed by atoms with Gasteiger partial charge in [-0.1, -0.05) is 24.4 Å². The van der Waals surface area contributed by atoms with Gasteiger partial charge in [0.25, 0.3) is 0 Å². The van der Waals surface area contributed by atoms with Gasteiger partial charge in [-0.3, -0.25) is 9.59 Å².